The Kier molecular flexibility index (Phi) is 4.16. The second-order valence-corrected chi connectivity index (χ2v) is 6.54. The van der Waals surface area contributed by atoms with Crippen molar-refractivity contribution < 1.29 is 4.57 Å². The molecule has 0 aliphatic carbocycles. The normalized spacial score (nSPS) is 12.6. The molecule has 0 aliphatic rings. The van der Waals surface area contributed by atoms with E-state index in [1.165, 1.54) is 45.3 Å². The minimum Gasteiger partial charge on any atom is -0.264 e. The maximum atomic E-state index is 4.24. The van der Waals surface area contributed by atoms with Gasteiger partial charge < -0.3 is 0 Å². The first kappa shape index (κ1) is 15.7. The quantitative estimate of drug-likeness (QED) is 0.632. The summed E-state index contributed by atoms with van der Waals surface area (Å²) < 4.78 is 2.29. The molecule has 0 saturated carbocycles. The van der Waals surface area contributed by atoms with Gasteiger partial charge >= 0.3 is 0 Å². The van der Waals surface area contributed by atoms with Crippen LogP contribution in [0.25, 0.3) is 22.0 Å². The fourth-order valence-electron chi connectivity index (χ4n) is 3.20. The van der Waals surface area contributed by atoms with Gasteiger partial charge in [-0.3, -0.25) is 4.98 Å². The number of aromatic nitrogens is 2. The number of nitrogens with zero attached hydrogens (tertiary/aromatic N) is 2. The maximum Gasteiger partial charge on any atom is 0.220 e. The SMILES string of the molecule is CCC(C)c1ccc2c(-c3ccncc3C)[n+](C)c(C)cc2c1. The summed E-state index contributed by atoms with van der Waals surface area (Å²) in [7, 11) is 2.15. The molecular formula is C21H25N2+. The third-order valence-corrected chi connectivity index (χ3v) is 5.02. The molecule has 0 amide bonds. The second-order valence-electron chi connectivity index (χ2n) is 6.54. The van der Waals surface area contributed by atoms with Crippen LogP contribution in [0.5, 0.6) is 0 Å². The molecule has 118 valence electrons. The topological polar surface area (TPSA) is 16.8 Å². The number of hydrogen-bond donors (Lipinski definition) is 0. The van der Waals surface area contributed by atoms with E-state index in [0.717, 1.165) is 0 Å². The predicted octanol–water partition coefficient (Wildman–Crippen LogP) is 4.86. The highest BCUT2D eigenvalue weighted by atomic mass is 14.9. The Bertz CT molecular complexity index is 865. The summed E-state index contributed by atoms with van der Waals surface area (Å²) in [6.07, 6.45) is 4.99. The van der Waals surface area contributed by atoms with Crippen LogP contribution < -0.4 is 4.57 Å². The molecule has 3 aromatic rings. The summed E-state index contributed by atoms with van der Waals surface area (Å²) in [4.78, 5) is 4.24. The average Bonchev–Trinajstić information content (AvgIpc) is 2.56. The van der Waals surface area contributed by atoms with Crippen molar-refractivity contribution >= 4 is 10.8 Å². The molecule has 0 bridgehead atoms. The molecular weight excluding hydrogens is 280 g/mol. The molecule has 2 heterocycles. The van der Waals surface area contributed by atoms with Crippen molar-refractivity contribution in [3.05, 3.63) is 59.5 Å². The van der Waals surface area contributed by atoms with E-state index in [2.05, 4.69) is 74.6 Å². The fraction of sp³-hybridized carbons (Fsp3) is 0.333. The molecule has 3 rings (SSSR count). The molecule has 0 N–H and O–H groups in total. The van der Waals surface area contributed by atoms with E-state index in [1.54, 1.807) is 0 Å². The maximum absolute atomic E-state index is 4.24. The summed E-state index contributed by atoms with van der Waals surface area (Å²) in [6.45, 7) is 8.85. The van der Waals surface area contributed by atoms with Crippen LogP contribution in [0.3, 0.4) is 0 Å². The van der Waals surface area contributed by atoms with Crippen LogP contribution in [0.4, 0.5) is 0 Å². The minimum absolute atomic E-state index is 0.597. The van der Waals surface area contributed by atoms with Gasteiger partial charge in [0.2, 0.25) is 5.69 Å². The third kappa shape index (κ3) is 2.74. The van der Waals surface area contributed by atoms with Crippen molar-refractivity contribution in [1.82, 2.24) is 4.98 Å². The zero-order valence-corrected chi connectivity index (χ0v) is 14.7. The van der Waals surface area contributed by atoms with Crippen molar-refractivity contribution in [3.8, 4) is 11.3 Å². The van der Waals surface area contributed by atoms with E-state index >= 15 is 0 Å². The van der Waals surface area contributed by atoms with Crippen LogP contribution in [0.1, 0.15) is 43.0 Å². The van der Waals surface area contributed by atoms with E-state index in [1.807, 2.05) is 12.4 Å². The standard InChI is InChI=1S/C21H25N2/c1-6-14(2)17-7-8-20-18(12-17)11-16(4)23(5)21(20)19-9-10-22-13-15(19)3/h7-14H,6H2,1-5H3/q+1. The largest absolute Gasteiger partial charge is 0.264 e. The first-order chi connectivity index (χ1) is 11.0. The van der Waals surface area contributed by atoms with Crippen molar-refractivity contribution in [3.63, 3.8) is 0 Å². The average molecular weight is 305 g/mol. The third-order valence-electron chi connectivity index (χ3n) is 5.02. The van der Waals surface area contributed by atoms with Crippen LogP contribution in [0.2, 0.25) is 0 Å². The van der Waals surface area contributed by atoms with Crippen molar-refractivity contribution in [2.45, 2.75) is 40.0 Å². The van der Waals surface area contributed by atoms with Gasteiger partial charge in [-0.05, 0) is 47.9 Å². The molecule has 0 aliphatic heterocycles. The molecule has 0 fully saturated rings. The summed E-state index contributed by atoms with van der Waals surface area (Å²) in [5.74, 6) is 0.597. The fourth-order valence-corrected chi connectivity index (χ4v) is 3.20. The van der Waals surface area contributed by atoms with Crippen molar-refractivity contribution in [2.24, 2.45) is 7.05 Å². The summed E-state index contributed by atoms with van der Waals surface area (Å²) >= 11 is 0. The van der Waals surface area contributed by atoms with Crippen LogP contribution in [0.15, 0.2) is 42.7 Å². The smallest absolute Gasteiger partial charge is 0.220 e. The first-order valence-corrected chi connectivity index (χ1v) is 8.37. The van der Waals surface area contributed by atoms with Crippen LogP contribution in [-0.2, 0) is 7.05 Å². The summed E-state index contributed by atoms with van der Waals surface area (Å²) in [5, 5.41) is 2.63. The molecule has 2 heteroatoms. The molecule has 2 nitrogen and oxygen atoms in total. The van der Waals surface area contributed by atoms with Gasteiger partial charge in [0.05, 0.1) is 10.9 Å². The Labute approximate surface area is 138 Å². The lowest BCUT2D eigenvalue weighted by molar-refractivity contribution is -0.665. The van der Waals surface area contributed by atoms with Crippen molar-refractivity contribution in [2.75, 3.05) is 0 Å². The molecule has 1 unspecified atom stereocenters. The molecule has 23 heavy (non-hydrogen) atoms. The highest BCUT2D eigenvalue weighted by Crippen LogP contribution is 2.30. The Morgan fingerprint density at radius 3 is 2.61 bits per heavy atom. The number of fused-ring (bicyclic) bond motifs is 1. The van der Waals surface area contributed by atoms with E-state index in [4.69, 9.17) is 0 Å². The monoisotopic (exact) mass is 305 g/mol. The molecule has 0 saturated heterocycles. The molecule has 0 radical (unpaired) electrons. The highest BCUT2D eigenvalue weighted by Gasteiger charge is 2.20. The number of benzene rings is 1. The van der Waals surface area contributed by atoms with Gasteiger partial charge in [-0.25, -0.2) is 0 Å². The Morgan fingerprint density at radius 1 is 1.13 bits per heavy atom. The molecule has 1 atom stereocenters. The molecule has 1 aromatic carbocycles. The number of rotatable bonds is 3. The van der Waals surface area contributed by atoms with E-state index in [9.17, 15) is 0 Å². The van der Waals surface area contributed by atoms with E-state index in [0.29, 0.717) is 5.92 Å². The Balaban J connectivity index is 2.33. The highest BCUT2D eigenvalue weighted by molar-refractivity contribution is 5.94. The number of aryl methyl sites for hydroxylation is 2. The van der Waals surface area contributed by atoms with Crippen LogP contribution in [0, 0.1) is 13.8 Å². The lowest BCUT2D eigenvalue weighted by Crippen LogP contribution is -2.35. The van der Waals surface area contributed by atoms with Gasteiger partial charge in [-0.2, -0.15) is 4.57 Å². The second kappa shape index (κ2) is 6.11. The minimum atomic E-state index is 0.597. The van der Waals surface area contributed by atoms with Gasteiger partial charge in [0.25, 0.3) is 0 Å². The van der Waals surface area contributed by atoms with Gasteiger partial charge in [-0.15, -0.1) is 0 Å². The predicted molar refractivity (Wildman–Crippen MR) is 96.5 cm³/mol. The van der Waals surface area contributed by atoms with Gasteiger partial charge in [-0.1, -0.05) is 26.0 Å². The van der Waals surface area contributed by atoms with Gasteiger partial charge in [0.15, 0.2) is 5.69 Å². The number of pyridine rings is 2. The first-order valence-electron chi connectivity index (χ1n) is 8.37. The van der Waals surface area contributed by atoms with Gasteiger partial charge in [0.1, 0.15) is 7.05 Å². The zero-order chi connectivity index (χ0) is 16.6. The van der Waals surface area contributed by atoms with E-state index in [-0.39, 0.29) is 0 Å². The van der Waals surface area contributed by atoms with Crippen LogP contribution in [-0.4, -0.2) is 4.98 Å². The van der Waals surface area contributed by atoms with Gasteiger partial charge in [0, 0.05) is 25.4 Å². The Hall–Kier alpha value is -2.22. The Morgan fingerprint density at radius 2 is 1.91 bits per heavy atom. The van der Waals surface area contributed by atoms with Crippen LogP contribution >= 0.6 is 0 Å². The molecule has 2 aromatic heterocycles. The van der Waals surface area contributed by atoms with E-state index < -0.39 is 0 Å². The molecule has 0 spiro atoms. The zero-order valence-electron chi connectivity index (χ0n) is 14.7. The summed E-state index contributed by atoms with van der Waals surface area (Å²) in [5.41, 5.74) is 6.43. The lowest BCUT2D eigenvalue weighted by Gasteiger charge is -2.13. The number of hydrogen-bond acceptors (Lipinski definition) is 1. The lowest BCUT2D eigenvalue weighted by atomic mass is 9.93. The summed E-state index contributed by atoms with van der Waals surface area (Å²) in [6, 6.07) is 11.3. The van der Waals surface area contributed by atoms with Crippen molar-refractivity contribution in [1.29, 1.82) is 0 Å².